The zero-order valence-electron chi connectivity index (χ0n) is 72.9. The standard InChI is InChI=1S/C23H18F6N4O4.C22H16F6N4O4.C15H10F6N2O2.C15H7F6NO.C8H3F4N.C7H5F3O.2CH4/c1-21(2)19(34)33(20(35)32(21)3)11-17-30-18(31-37-17)12-8-9-16(14(10-12)23(27,28)29)36-15-7-5-4-6-13(15)22(24,25)26;1-20(2)18(33)32(19(34)30-20)10-16-29-17(31-36-16)11-7-8-15(13(9-11)22(26,27)28)35-14-6-4-3-5-12(14)21(23,24)25;16-14(17,18)9-3-1-2-4-11(9)25-12-6-5-8(13(22)23-24)7-10(12)15(19,20)21;16-14(17,18)10-3-1-2-4-12(10)23-13-6-5-9(8-22)7-11(13)15(19,20)21;9-7-2-1-5(4-13)3-6(7)8(10,11)12;8-7(9,10)5-3-1-2-4-6(5)11;;/h4-10H,11H2,1-3H3;3-9H,10H2,1-2H3,(H,30,34);1-7,24H,(H2,22,23);1-7H;1-3H;1-4,11H;2*1H4. The molecule has 10 aromatic carbocycles. The van der Waals surface area contributed by atoms with Gasteiger partial charge in [0.1, 0.15) is 81.7 Å². The molecule has 24 nitrogen and oxygen atoms in total. The summed E-state index contributed by atoms with van der Waals surface area (Å²) in [6, 6.07) is 33.5. The molecule has 784 valence electrons. The Morgan fingerprint density at radius 1 is 0.395 bits per heavy atom. The Labute approximate surface area is 806 Å². The van der Waals surface area contributed by atoms with Gasteiger partial charge in [0.05, 0.1) is 78.9 Å². The molecule has 0 aliphatic carbocycles. The molecule has 2 fully saturated rings. The lowest BCUT2D eigenvalue weighted by Crippen LogP contribution is -2.41. The van der Waals surface area contributed by atoms with Crippen LogP contribution in [-0.2, 0) is 84.4 Å². The lowest BCUT2D eigenvalue weighted by Gasteiger charge is -2.22. The highest BCUT2D eigenvalue weighted by molar-refractivity contribution is 6.07. The molecular weight excluding hydrogens is 2050 g/mol. The Balaban J connectivity index is 0.000000249. The summed E-state index contributed by atoms with van der Waals surface area (Å²) in [6.07, 6.45) is -48.3. The molecule has 0 saturated carbocycles. The summed E-state index contributed by atoms with van der Waals surface area (Å²) in [4.78, 5) is 60.0. The van der Waals surface area contributed by atoms with Gasteiger partial charge in [0, 0.05) is 23.7 Å². The third-order valence-electron chi connectivity index (χ3n) is 19.5. The minimum atomic E-state index is -5.00. The highest BCUT2D eigenvalue weighted by atomic mass is 19.4. The highest BCUT2D eigenvalue weighted by Crippen LogP contribution is 2.50. The number of halogens is 31. The van der Waals surface area contributed by atoms with E-state index in [0.717, 1.165) is 125 Å². The molecule has 0 spiro atoms. The number of rotatable bonds is 15. The van der Waals surface area contributed by atoms with Gasteiger partial charge < -0.3 is 54.3 Å². The van der Waals surface area contributed by atoms with E-state index in [9.17, 15) is 155 Å². The van der Waals surface area contributed by atoms with Gasteiger partial charge in [0.2, 0.25) is 23.4 Å². The molecule has 4 heterocycles. The van der Waals surface area contributed by atoms with Crippen LogP contribution in [0.5, 0.6) is 51.7 Å². The SMILES string of the molecule is C.C.CC1(C)NC(=O)N(Cc2nc(-c3ccc(Oc4ccccc4C(F)(F)F)c(C(F)(F)F)c3)no2)C1=O.CN1C(=O)N(Cc2nc(-c3ccc(Oc4ccccc4C(F)(F)F)c(C(F)(F)F)c3)no2)C(=O)C1(C)C.N#Cc1ccc(F)c(C(F)(F)F)c1.N#Cc1ccc(Oc2ccccc2C(F)(F)F)c(C(F)(F)F)c1.N/C(=N\O)c1ccc(Oc2ccccc2C(F)(F)F)c(C(F)(F)F)c1.Oc1ccccc1C(F)(F)F. The molecule has 5 N–H and O–H groups in total. The first-order valence-corrected chi connectivity index (χ1v) is 39.5. The van der Waals surface area contributed by atoms with Crippen LogP contribution in [0.4, 0.5) is 146 Å². The second kappa shape index (κ2) is 45.2. The first-order valence-electron chi connectivity index (χ1n) is 39.5. The van der Waals surface area contributed by atoms with Gasteiger partial charge in [-0.15, -0.1) is 0 Å². The molecule has 2 aliphatic rings. The first-order chi connectivity index (χ1) is 66.9. The molecule has 55 heteroatoms. The topological polar surface area (TPSA) is 331 Å². The van der Waals surface area contributed by atoms with Gasteiger partial charge in [0.15, 0.2) is 5.84 Å². The van der Waals surface area contributed by atoms with Gasteiger partial charge in [-0.1, -0.05) is 91.0 Å². The number of amidine groups is 1. The number of alkyl halides is 30. The third kappa shape index (κ3) is 29.6. The van der Waals surface area contributed by atoms with E-state index in [1.807, 2.05) is 0 Å². The number of likely N-dealkylation sites (N-methyl/N-ethyl adjacent to an activating group) is 1. The maximum absolute atomic E-state index is 13.8. The fourth-order valence-electron chi connectivity index (χ4n) is 12.3. The average molecular weight is 2120 g/mol. The minimum Gasteiger partial charge on any atom is -0.507 e. The fraction of sp³-hybridized carbons (Fsp3) is 0.228. The van der Waals surface area contributed by atoms with Crippen molar-refractivity contribution in [3.8, 4) is 86.7 Å². The number of urea groups is 2. The second-order valence-corrected chi connectivity index (χ2v) is 30.4. The summed E-state index contributed by atoms with van der Waals surface area (Å²) < 4.78 is 432. The van der Waals surface area contributed by atoms with Crippen molar-refractivity contribution >= 4 is 29.7 Å². The third-order valence-corrected chi connectivity index (χ3v) is 19.5. The van der Waals surface area contributed by atoms with Crippen molar-refractivity contribution in [2.75, 3.05) is 7.05 Å². The van der Waals surface area contributed by atoms with E-state index in [4.69, 9.17) is 54.6 Å². The van der Waals surface area contributed by atoms with Gasteiger partial charge in [-0.2, -0.15) is 152 Å². The van der Waals surface area contributed by atoms with Crippen molar-refractivity contribution in [3.63, 3.8) is 0 Å². The Bertz CT molecular complexity index is 6850. The van der Waals surface area contributed by atoms with Crippen LogP contribution in [-0.4, -0.2) is 93.1 Å². The van der Waals surface area contributed by atoms with E-state index in [0.29, 0.717) is 60.7 Å². The average Bonchev–Trinajstić information content (AvgIpc) is 1.60. The van der Waals surface area contributed by atoms with Gasteiger partial charge in [-0.25, -0.2) is 14.0 Å². The van der Waals surface area contributed by atoms with Crippen molar-refractivity contribution < 1.29 is 194 Å². The molecule has 0 bridgehead atoms. The van der Waals surface area contributed by atoms with Crippen LogP contribution in [0.15, 0.2) is 227 Å². The van der Waals surface area contributed by atoms with Gasteiger partial charge in [-0.05, 0) is 179 Å². The number of nitrogens with zero attached hydrogens (tertiary/aromatic N) is 10. The van der Waals surface area contributed by atoms with Gasteiger partial charge in [-0.3, -0.25) is 19.4 Å². The number of ether oxygens (including phenoxy) is 4. The molecule has 2 aliphatic heterocycles. The summed E-state index contributed by atoms with van der Waals surface area (Å²) in [5.74, 6) is -11.4. The van der Waals surface area contributed by atoms with Crippen molar-refractivity contribution in [2.45, 2.75) is 128 Å². The summed E-state index contributed by atoms with van der Waals surface area (Å²) in [5.41, 5.74) is -10.9. The lowest BCUT2D eigenvalue weighted by atomic mass is 10.1. The number of phenols is 1. The Morgan fingerprint density at radius 3 is 0.993 bits per heavy atom. The van der Waals surface area contributed by atoms with Crippen LogP contribution in [0.25, 0.3) is 22.8 Å². The summed E-state index contributed by atoms with van der Waals surface area (Å²) in [6.45, 7) is 5.25. The highest BCUT2D eigenvalue weighted by Gasteiger charge is 2.51. The summed E-state index contributed by atoms with van der Waals surface area (Å²) >= 11 is 0. The van der Waals surface area contributed by atoms with Crippen LogP contribution < -0.4 is 30.0 Å². The number of carbonyl (C=O) groups is 4. The molecule has 2 aromatic heterocycles. The number of nitriles is 2. The Kier molecular flexibility index (Phi) is 36.1. The summed E-state index contributed by atoms with van der Waals surface area (Å²) in [5, 5.41) is 46.4. The first kappa shape index (κ1) is 117. The molecule has 6 amide bonds. The molecule has 0 atom stereocenters. The molecule has 2 saturated heterocycles. The van der Waals surface area contributed by atoms with E-state index < -0.39 is 229 Å². The predicted molar refractivity (Wildman–Crippen MR) is 449 cm³/mol. The number of imide groups is 2. The number of oxime groups is 1. The zero-order valence-corrected chi connectivity index (χ0v) is 72.9. The van der Waals surface area contributed by atoms with Crippen molar-refractivity contribution in [2.24, 2.45) is 10.9 Å². The number of nitrogens with two attached hydrogens (primary N) is 1. The quantitative estimate of drug-likeness (QED) is 0.0185. The number of aromatic hydroxyl groups is 1. The number of hydrogen-bond acceptors (Lipinski definition) is 19. The minimum absolute atomic E-state index is 0. The van der Waals surface area contributed by atoms with E-state index >= 15 is 0 Å². The van der Waals surface area contributed by atoms with Gasteiger partial charge >= 0.3 is 73.8 Å². The normalized spacial score (nSPS) is 13.8. The van der Waals surface area contributed by atoms with Crippen LogP contribution in [0.2, 0.25) is 0 Å². The number of benzene rings is 10. The predicted octanol–water partition coefficient (Wildman–Crippen LogP) is 27.5. The maximum atomic E-state index is 13.8. The van der Waals surface area contributed by atoms with Crippen LogP contribution in [0.1, 0.15) is 127 Å². The Hall–Kier alpha value is -16.6. The number of amides is 6. The number of nitrogens with one attached hydrogen (secondary N) is 1. The molecule has 14 rings (SSSR count). The van der Waals surface area contributed by atoms with E-state index in [-0.39, 0.29) is 66.1 Å². The molecule has 0 unspecified atom stereocenters. The fourth-order valence-corrected chi connectivity index (χ4v) is 12.3. The number of para-hydroxylation sites is 5. The second-order valence-electron chi connectivity index (χ2n) is 30.4. The summed E-state index contributed by atoms with van der Waals surface area (Å²) in [7, 11) is 1.44. The Morgan fingerprint density at radius 2 is 0.687 bits per heavy atom. The molecular formula is C92H67F31N12O12. The van der Waals surface area contributed by atoms with Crippen LogP contribution >= 0.6 is 0 Å². The van der Waals surface area contributed by atoms with E-state index in [1.165, 1.54) is 74.3 Å². The molecule has 12 aromatic rings. The monoisotopic (exact) mass is 2120 g/mol. The van der Waals surface area contributed by atoms with Crippen molar-refractivity contribution in [3.05, 3.63) is 302 Å². The smallest absolute Gasteiger partial charge is 0.420 e. The molecule has 147 heavy (non-hydrogen) atoms. The van der Waals surface area contributed by atoms with Gasteiger partial charge in [0.25, 0.3) is 11.8 Å². The van der Waals surface area contributed by atoms with Crippen LogP contribution in [0.3, 0.4) is 0 Å². The lowest BCUT2D eigenvalue weighted by molar-refractivity contribution is -0.141. The van der Waals surface area contributed by atoms with Crippen molar-refractivity contribution in [1.82, 2.24) is 40.3 Å². The number of aromatic nitrogens is 4. The maximum Gasteiger partial charge on any atom is 0.420 e. The van der Waals surface area contributed by atoms with E-state index in [2.05, 4.69) is 30.8 Å². The van der Waals surface area contributed by atoms with Crippen molar-refractivity contribution in [1.29, 1.82) is 10.5 Å². The molecule has 0 radical (unpaired) electrons. The van der Waals surface area contributed by atoms with E-state index in [1.54, 1.807) is 13.8 Å². The largest absolute Gasteiger partial charge is 0.507 e. The number of phenolic OH excluding ortho intramolecular Hbond substituents is 1. The zero-order chi connectivity index (χ0) is 108. The number of hydrogen-bond donors (Lipinski definition) is 4. The van der Waals surface area contributed by atoms with Crippen LogP contribution in [0, 0.1) is 28.5 Å². The number of carbonyl (C=O) groups excluding carboxylic acids is 4.